The summed E-state index contributed by atoms with van der Waals surface area (Å²) in [4.78, 5) is 9.20. The number of thiophene rings is 4. The third kappa shape index (κ3) is 10.7. The van der Waals surface area contributed by atoms with E-state index in [4.69, 9.17) is 0 Å². The van der Waals surface area contributed by atoms with Gasteiger partial charge in [0.25, 0.3) is 0 Å². The lowest BCUT2D eigenvalue weighted by molar-refractivity contribution is 0.593. The Hall–Kier alpha value is -5.39. The summed E-state index contributed by atoms with van der Waals surface area (Å²) in [6.07, 6.45) is 13.9. The average Bonchev–Trinajstić information content (AvgIpc) is 4.30. The highest BCUT2D eigenvalue weighted by molar-refractivity contribution is 7.92. The fourth-order valence-corrected chi connectivity index (χ4v) is 18.4. The maximum atomic E-state index is 17.7. The van der Waals surface area contributed by atoms with Gasteiger partial charge < -0.3 is 4.57 Å². The maximum absolute atomic E-state index is 17.7. The van der Waals surface area contributed by atoms with Crippen molar-refractivity contribution in [3.05, 3.63) is 218 Å². The monoisotopic (exact) mass is 1030 g/mol. The predicted molar refractivity (Wildman–Crippen MR) is 321 cm³/mol. The van der Waals surface area contributed by atoms with Crippen molar-refractivity contribution in [1.82, 2.24) is 0 Å². The van der Waals surface area contributed by atoms with Crippen LogP contribution in [-0.2, 0) is 30.2 Å². The van der Waals surface area contributed by atoms with Crippen molar-refractivity contribution in [3.63, 3.8) is 0 Å². The number of hydrogen-bond acceptors (Lipinski definition) is 5. The number of unbranched alkanes of at least 4 members (excludes halogenated alkanes) is 4. The molecule has 0 spiro atoms. The van der Waals surface area contributed by atoms with E-state index in [0.29, 0.717) is 0 Å². The molecule has 5 heterocycles. The normalized spacial score (nSPS) is 13.4. The molecule has 0 bridgehead atoms. The van der Waals surface area contributed by atoms with Crippen molar-refractivity contribution in [3.8, 4) is 41.8 Å². The number of aryl methyl sites for hydroxylation is 4. The Bertz CT molecular complexity index is 3130. The highest BCUT2D eigenvalue weighted by Gasteiger charge is 2.48. The number of allylic oxidation sites excluding steroid dienone is 2. The molecular weight excluding hydrogens is 968 g/mol. The van der Waals surface area contributed by atoms with Crippen molar-refractivity contribution in [1.29, 1.82) is 0 Å². The molecule has 72 heavy (non-hydrogen) atoms. The zero-order valence-corrected chi connectivity index (χ0v) is 46.4. The second-order valence-electron chi connectivity index (χ2n) is 19.2. The Morgan fingerprint density at radius 1 is 0.306 bits per heavy atom. The summed E-state index contributed by atoms with van der Waals surface area (Å²) < 4.78 is 17.7. The standard InChI is InChI=1S/C66H65OPS4/c1-5-9-16-46-22-30-50(31-23-46)55-38-42-59(69-55)63-64(60-43-39-56(70-60)51-32-24-47(25-33-51)17-10-6-2)66(62-45-41-58(72-62)53-36-28-49(29-37-53)19-12-8-4)68(67,54-20-14-13-15-21-54)65(63)61-44-40-57(71-61)52-34-26-48(27-35-52)18-11-7-3/h13-15,20-45H,5-12,16-19H2,1-4H3. The van der Waals surface area contributed by atoms with Crippen LogP contribution < -0.4 is 5.30 Å². The Morgan fingerprint density at radius 2 is 0.569 bits per heavy atom. The van der Waals surface area contributed by atoms with Gasteiger partial charge in [0.15, 0.2) is 7.14 Å². The molecule has 0 saturated heterocycles. The van der Waals surface area contributed by atoms with E-state index < -0.39 is 7.14 Å². The molecule has 0 saturated carbocycles. The molecule has 9 aromatic rings. The van der Waals surface area contributed by atoms with E-state index in [1.165, 1.54) is 115 Å². The second-order valence-corrected chi connectivity index (χ2v) is 26.2. The fraction of sp³-hybridized carbons (Fsp3) is 0.242. The van der Waals surface area contributed by atoms with Gasteiger partial charge in [-0.15, -0.1) is 45.3 Å². The van der Waals surface area contributed by atoms with Crippen LogP contribution in [0.2, 0.25) is 0 Å². The average molecular weight is 1030 g/mol. The minimum atomic E-state index is -3.59. The summed E-state index contributed by atoms with van der Waals surface area (Å²) in [6, 6.07) is 65.4. The third-order valence-electron chi connectivity index (χ3n) is 14.1. The van der Waals surface area contributed by atoms with Gasteiger partial charge in [-0.25, -0.2) is 0 Å². The van der Waals surface area contributed by atoms with Gasteiger partial charge in [0.2, 0.25) is 0 Å². The quantitative estimate of drug-likeness (QED) is 0.0656. The maximum Gasteiger partial charge on any atom is 0.175 e. The molecule has 4 aromatic heterocycles. The van der Waals surface area contributed by atoms with Crippen LogP contribution in [0.3, 0.4) is 0 Å². The van der Waals surface area contributed by atoms with Gasteiger partial charge in [-0.3, -0.25) is 0 Å². The van der Waals surface area contributed by atoms with E-state index in [1.54, 1.807) is 22.7 Å². The predicted octanol–water partition coefficient (Wildman–Crippen LogP) is 21.1. The van der Waals surface area contributed by atoms with E-state index in [-0.39, 0.29) is 0 Å². The molecule has 1 aliphatic rings. The SMILES string of the molecule is CCCCc1ccc(-c2ccc(C3=C(c4ccc(-c5ccc(CCCC)cc5)s4)P(=O)(c4ccccc4)C(c4ccc(-c5ccc(CCCC)cc5)s4)=C3c3ccc(-c4ccc(CCCC)cc4)s3)s2)cc1. The molecule has 0 radical (unpaired) electrons. The first kappa shape index (κ1) is 50.2. The van der Waals surface area contributed by atoms with Crippen LogP contribution in [-0.4, -0.2) is 0 Å². The molecule has 0 N–H and O–H groups in total. The van der Waals surface area contributed by atoms with Gasteiger partial charge in [0.1, 0.15) is 0 Å². The smallest absolute Gasteiger partial charge is 0.175 e. The van der Waals surface area contributed by atoms with Crippen molar-refractivity contribution in [2.24, 2.45) is 0 Å². The topological polar surface area (TPSA) is 17.1 Å². The molecule has 364 valence electrons. The van der Waals surface area contributed by atoms with Crippen molar-refractivity contribution >= 4 is 79.6 Å². The van der Waals surface area contributed by atoms with Crippen LogP contribution in [0.15, 0.2) is 176 Å². The first-order valence-corrected chi connectivity index (χ1v) is 31.3. The van der Waals surface area contributed by atoms with Crippen LogP contribution in [0, 0.1) is 0 Å². The summed E-state index contributed by atoms with van der Waals surface area (Å²) in [5.74, 6) is 0. The Labute approximate surface area is 445 Å². The minimum Gasteiger partial charge on any atom is -0.308 e. The first-order valence-electron chi connectivity index (χ1n) is 26.3. The molecule has 6 heteroatoms. The van der Waals surface area contributed by atoms with Crippen molar-refractivity contribution in [2.75, 3.05) is 0 Å². The Kier molecular flexibility index (Phi) is 16.2. The van der Waals surface area contributed by atoms with Crippen LogP contribution >= 0.6 is 52.5 Å². The zero-order chi connectivity index (χ0) is 49.4. The van der Waals surface area contributed by atoms with E-state index in [9.17, 15) is 0 Å². The summed E-state index contributed by atoms with van der Waals surface area (Å²) in [5, 5.41) is 2.76. The third-order valence-corrected chi connectivity index (χ3v) is 22.2. The molecule has 1 nitrogen and oxygen atoms in total. The molecule has 0 amide bonds. The van der Waals surface area contributed by atoms with Crippen LogP contribution in [0.4, 0.5) is 0 Å². The molecule has 1 aliphatic heterocycles. The summed E-state index contributed by atoms with van der Waals surface area (Å²) in [6.45, 7) is 9.02. The van der Waals surface area contributed by atoms with Crippen molar-refractivity contribution < 1.29 is 4.57 Å². The van der Waals surface area contributed by atoms with Gasteiger partial charge in [-0.2, -0.15) is 0 Å². The zero-order valence-electron chi connectivity index (χ0n) is 42.2. The summed E-state index contributed by atoms with van der Waals surface area (Å²) in [7, 11) is -3.59. The largest absolute Gasteiger partial charge is 0.308 e. The summed E-state index contributed by atoms with van der Waals surface area (Å²) >= 11 is 7.22. The molecule has 10 rings (SSSR count). The highest BCUT2D eigenvalue weighted by atomic mass is 32.1. The Morgan fingerprint density at radius 3 is 0.861 bits per heavy atom. The second kappa shape index (κ2) is 23.2. The van der Waals surface area contributed by atoms with Gasteiger partial charge in [0.05, 0.1) is 0 Å². The van der Waals surface area contributed by atoms with Crippen molar-refractivity contribution in [2.45, 2.75) is 105 Å². The van der Waals surface area contributed by atoms with Gasteiger partial charge in [-0.1, -0.05) is 181 Å². The minimum absolute atomic E-state index is 0.867. The summed E-state index contributed by atoms with van der Waals surface area (Å²) in [5.41, 5.74) is 12.5. The van der Waals surface area contributed by atoms with E-state index in [0.717, 1.165) is 72.3 Å². The Balaban J connectivity index is 1.20. The van der Waals surface area contributed by atoms with Gasteiger partial charge in [0, 0.05) is 66.1 Å². The molecule has 0 atom stereocenters. The van der Waals surface area contributed by atoms with E-state index in [1.807, 2.05) is 22.7 Å². The van der Waals surface area contributed by atoms with E-state index >= 15 is 4.57 Å². The lowest BCUT2D eigenvalue weighted by atomic mass is 10.0. The van der Waals surface area contributed by atoms with Crippen LogP contribution in [0.5, 0.6) is 0 Å². The highest BCUT2D eigenvalue weighted by Crippen LogP contribution is 2.78. The lowest BCUT2D eigenvalue weighted by Crippen LogP contribution is -2.05. The number of hydrogen-bond donors (Lipinski definition) is 0. The molecular formula is C66H65OPS4. The lowest BCUT2D eigenvalue weighted by Gasteiger charge is -2.20. The van der Waals surface area contributed by atoms with Gasteiger partial charge >= 0.3 is 0 Å². The van der Waals surface area contributed by atoms with E-state index in [2.05, 4.69) is 204 Å². The molecule has 5 aromatic carbocycles. The molecule has 0 unspecified atom stereocenters. The number of benzene rings is 5. The molecule has 0 fully saturated rings. The number of rotatable bonds is 21. The molecule has 0 aliphatic carbocycles. The van der Waals surface area contributed by atoms with Crippen LogP contribution in [0.1, 0.15) is 121 Å². The fourth-order valence-electron chi connectivity index (χ4n) is 9.96. The van der Waals surface area contributed by atoms with Gasteiger partial charge in [-0.05, 0) is 144 Å². The van der Waals surface area contributed by atoms with Crippen LogP contribution in [0.25, 0.3) is 63.5 Å². The first-order chi connectivity index (χ1) is 35.4.